The Balaban J connectivity index is 1.29. The van der Waals surface area contributed by atoms with Gasteiger partial charge in [0.05, 0.1) is 23.8 Å². The molecule has 1 aliphatic rings. The summed E-state index contributed by atoms with van der Waals surface area (Å²) in [5.74, 6) is -1.62. The number of benzene rings is 3. The van der Waals surface area contributed by atoms with E-state index < -0.39 is 24.1 Å². The first-order valence-corrected chi connectivity index (χ1v) is 11.2. The summed E-state index contributed by atoms with van der Waals surface area (Å²) in [7, 11) is 1.43. The number of rotatable bonds is 9. The number of carbonyl (C=O) groups excluding carboxylic acids is 2. The van der Waals surface area contributed by atoms with Gasteiger partial charge in [0.1, 0.15) is 6.61 Å². The van der Waals surface area contributed by atoms with Gasteiger partial charge in [-0.25, -0.2) is 9.59 Å². The number of methoxy groups -OCH3 is 1. The number of carboxylic acid groups (broad SMARTS) is 1. The normalized spacial score (nSPS) is 12.8. The SMILES string of the molecule is COC(CNC(=O)OCC1c2ccccc2-c2ccccc21)CC(=O)Nc1ccccc1C(=O)O. The number of carbonyl (C=O) groups is 3. The summed E-state index contributed by atoms with van der Waals surface area (Å²) in [4.78, 5) is 36.1. The molecule has 8 nitrogen and oxygen atoms in total. The molecule has 0 heterocycles. The highest BCUT2D eigenvalue weighted by Crippen LogP contribution is 2.44. The molecule has 0 fully saturated rings. The van der Waals surface area contributed by atoms with Crippen molar-refractivity contribution >= 4 is 23.7 Å². The fourth-order valence-electron chi connectivity index (χ4n) is 4.27. The van der Waals surface area contributed by atoms with Crippen molar-refractivity contribution in [1.82, 2.24) is 5.32 Å². The van der Waals surface area contributed by atoms with Crippen molar-refractivity contribution in [3.8, 4) is 11.1 Å². The topological polar surface area (TPSA) is 114 Å². The van der Waals surface area contributed by atoms with Crippen LogP contribution in [0.4, 0.5) is 10.5 Å². The maximum atomic E-state index is 12.4. The van der Waals surface area contributed by atoms with E-state index in [0.29, 0.717) is 0 Å². The van der Waals surface area contributed by atoms with Gasteiger partial charge in [-0.2, -0.15) is 0 Å². The summed E-state index contributed by atoms with van der Waals surface area (Å²) in [6, 6.07) is 22.3. The van der Waals surface area contributed by atoms with Gasteiger partial charge in [0.2, 0.25) is 5.91 Å². The largest absolute Gasteiger partial charge is 0.478 e. The summed E-state index contributed by atoms with van der Waals surface area (Å²) in [5.41, 5.74) is 4.72. The molecule has 0 saturated carbocycles. The third-order valence-electron chi connectivity index (χ3n) is 6.00. The molecule has 0 spiro atoms. The highest BCUT2D eigenvalue weighted by molar-refractivity contribution is 6.00. The lowest BCUT2D eigenvalue weighted by Gasteiger charge is -2.18. The first kappa shape index (κ1) is 24.0. The van der Waals surface area contributed by atoms with Gasteiger partial charge in [-0.15, -0.1) is 0 Å². The van der Waals surface area contributed by atoms with Gasteiger partial charge in [0, 0.05) is 19.6 Å². The zero-order valence-electron chi connectivity index (χ0n) is 19.2. The Morgan fingerprint density at radius 1 is 0.914 bits per heavy atom. The number of amides is 2. The van der Waals surface area contributed by atoms with E-state index in [1.54, 1.807) is 12.1 Å². The lowest BCUT2D eigenvalue weighted by Crippen LogP contribution is -2.36. The zero-order valence-corrected chi connectivity index (χ0v) is 19.2. The predicted octanol–water partition coefficient (Wildman–Crippen LogP) is 4.27. The van der Waals surface area contributed by atoms with Crippen molar-refractivity contribution in [2.45, 2.75) is 18.4 Å². The molecule has 0 aromatic heterocycles. The van der Waals surface area contributed by atoms with Crippen LogP contribution in [0.1, 0.15) is 33.8 Å². The molecule has 1 atom stereocenters. The molecule has 3 aromatic carbocycles. The first-order valence-electron chi connectivity index (χ1n) is 11.2. The van der Waals surface area contributed by atoms with Gasteiger partial charge < -0.3 is 25.2 Å². The van der Waals surface area contributed by atoms with E-state index in [9.17, 15) is 19.5 Å². The third-order valence-corrected chi connectivity index (χ3v) is 6.00. The molecule has 8 heteroatoms. The van der Waals surface area contributed by atoms with Crippen molar-refractivity contribution in [2.75, 3.05) is 25.6 Å². The second-order valence-electron chi connectivity index (χ2n) is 8.17. The molecular weight excluding hydrogens is 448 g/mol. The van der Waals surface area contributed by atoms with Crippen LogP contribution >= 0.6 is 0 Å². The number of para-hydroxylation sites is 1. The maximum absolute atomic E-state index is 12.4. The molecule has 180 valence electrons. The predicted molar refractivity (Wildman–Crippen MR) is 131 cm³/mol. The number of fused-ring (bicyclic) bond motifs is 3. The summed E-state index contributed by atoms with van der Waals surface area (Å²) >= 11 is 0. The van der Waals surface area contributed by atoms with Crippen LogP contribution in [0.25, 0.3) is 11.1 Å². The smallest absolute Gasteiger partial charge is 0.407 e. The van der Waals surface area contributed by atoms with E-state index in [4.69, 9.17) is 9.47 Å². The van der Waals surface area contributed by atoms with Gasteiger partial charge in [-0.05, 0) is 34.4 Å². The van der Waals surface area contributed by atoms with Crippen LogP contribution in [0.3, 0.4) is 0 Å². The van der Waals surface area contributed by atoms with Crippen molar-refractivity contribution in [3.05, 3.63) is 89.5 Å². The van der Waals surface area contributed by atoms with Crippen LogP contribution in [0, 0.1) is 0 Å². The highest BCUT2D eigenvalue weighted by atomic mass is 16.5. The Kier molecular flexibility index (Phi) is 7.42. The van der Waals surface area contributed by atoms with Crippen LogP contribution in [0.5, 0.6) is 0 Å². The second kappa shape index (κ2) is 10.8. The molecule has 35 heavy (non-hydrogen) atoms. The monoisotopic (exact) mass is 474 g/mol. The van der Waals surface area contributed by atoms with Crippen LogP contribution in [0.15, 0.2) is 72.8 Å². The molecule has 1 aliphatic carbocycles. The average Bonchev–Trinajstić information content (AvgIpc) is 3.19. The minimum atomic E-state index is -1.14. The summed E-state index contributed by atoms with van der Waals surface area (Å²) in [5, 5.41) is 14.5. The summed E-state index contributed by atoms with van der Waals surface area (Å²) < 4.78 is 10.8. The number of carboxylic acids is 1. The minimum Gasteiger partial charge on any atom is -0.478 e. The van der Waals surface area contributed by atoms with Crippen LogP contribution in [-0.4, -0.2) is 49.4 Å². The second-order valence-corrected chi connectivity index (χ2v) is 8.17. The maximum Gasteiger partial charge on any atom is 0.407 e. The van der Waals surface area contributed by atoms with Gasteiger partial charge in [0.15, 0.2) is 0 Å². The Morgan fingerprint density at radius 2 is 1.51 bits per heavy atom. The molecule has 0 bridgehead atoms. The third kappa shape index (κ3) is 5.50. The summed E-state index contributed by atoms with van der Waals surface area (Å²) in [6.45, 7) is 0.241. The molecule has 3 N–H and O–H groups in total. The van der Waals surface area contributed by atoms with E-state index in [0.717, 1.165) is 22.3 Å². The molecule has 0 radical (unpaired) electrons. The van der Waals surface area contributed by atoms with E-state index in [1.807, 2.05) is 36.4 Å². The van der Waals surface area contributed by atoms with E-state index in [1.165, 1.54) is 19.2 Å². The van der Waals surface area contributed by atoms with Gasteiger partial charge in [0.25, 0.3) is 0 Å². The zero-order chi connectivity index (χ0) is 24.8. The quantitative estimate of drug-likeness (QED) is 0.427. The van der Waals surface area contributed by atoms with Crippen LogP contribution in [0.2, 0.25) is 0 Å². The number of aromatic carboxylic acids is 1. The first-order chi connectivity index (χ1) is 17.0. The molecule has 0 aliphatic heterocycles. The minimum absolute atomic E-state index is 0.00780. The van der Waals surface area contributed by atoms with E-state index in [2.05, 4.69) is 22.8 Å². The Labute approximate surface area is 202 Å². The summed E-state index contributed by atoms with van der Waals surface area (Å²) in [6.07, 6.45) is -1.30. The number of nitrogens with one attached hydrogen (secondary N) is 2. The lowest BCUT2D eigenvalue weighted by molar-refractivity contribution is -0.118. The number of anilines is 1. The highest BCUT2D eigenvalue weighted by Gasteiger charge is 2.29. The number of ether oxygens (including phenoxy) is 2. The molecule has 1 unspecified atom stereocenters. The van der Waals surface area contributed by atoms with Crippen molar-refractivity contribution in [1.29, 1.82) is 0 Å². The van der Waals surface area contributed by atoms with E-state index >= 15 is 0 Å². The molecule has 4 rings (SSSR count). The average molecular weight is 475 g/mol. The lowest BCUT2D eigenvalue weighted by atomic mass is 9.98. The van der Waals surface area contributed by atoms with Crippen molar-refractivity contribution in [2.24, 2.45) is 0 Å². The Morgan fingerprint density at radius 3 is 2.14 bits per heavy atom. The Bertz CT molecular complexity index is 1200. The fourth-order valence-corrected chi connectivity index (χ4v) is 4.27. The number of hydrogen-bond acceptors (Lipinski definition) is 5. The van der Waals surface area contributed by atoms with Crippen LogP contribution < -0.4 is 10.6 Å². The standard InChI is InChI=1S/C27H26N2O6/c1-34-17(14-25(30)29-24-13-7-6-12-22(24)26(31)32)15-28-27(33)35-16-23-20-10-4-2-8-18(20)19-9-3-5-11-21(19)23/h2-13,17,23H,14-16H2,1H3,(H,28,33)(H,29,30)(H,31,32). The van der Waals surface area contributed by atoms with Gasteiger partial charge >= 0.3 is 12.1 Å². The van der Waals surface area contributed by atoms with Crippen molar-refractivity contribution in [3.63, 3.8) is 0 Å². The molecule has 0 saturated heterocycles. The molecule has 2 amide bonds. The van der Waals surface area contributed by atoms with Crippen molar-refractivity contribution < 1.29 is 29.0 Å². The number of alkyl carbamates (subject to hydrolysis) is 1. The van der Waals surface area contributed by atoms with E-state index in [-0.39, 0.29) is 36.7 Å². The molecule has 3 aromatic rings. The van der Waals surface area contributed by atoms with Gasteiger partial charge in [-0.1, -0.05) is 60.7 Å². The van der Waals surface area contributed by atoms with Crippen LogP contribution in [-0.2, 0) is 14.3 Å². The fraction of sp³-hybridized carbons (Fsp3) is 0.222. The van der Waals surface area contributed by atoms with Gasteiger partial charge in [-0.3, -0.25) is 4.79 Å². The Hall–Kier alpha value is -4.17. The number of hydrogen-bond donors (Lipinski definition) is 3. The molecular formula is C27H26N2O6.